The van der Waals surface area contributed by atoms with E-state index < -0.39 is 10.5 Å². The van der Waals surface area contributed by atoms with E-state index >= 15 is 0 Å². The molecule has 0 radical (unpaired) electrons. The maximum absolute atomic E-state index is 12.1. The Kier molecular flexibility index (Phi) is 5.90. The number of rotatable bonds is 7. The Morgan fingerprint density at radius 1 is 1.42 bits per heavy atom. The lowest BCUT2D eigenvalue weighted by atomic mass is 10.0. The van der Waals surface area contributed by atoms with Crippen molar-refractivity contribution in [3.05, 3.63) is 33.9 Å². The molecule has 1 amide bonds. The number of nitro groups is 1. The molecule has 0 aliphatic heterocycles. The van der Waals surface area contributed by atoms with Crippen LogP contribution in [0.3, 0.4) is 0 Å². The summed E-state index contributed by atoms with van der Waals surface area (Å²) >= 11 is 0. The standard InChI is InChI=1S/C17H25N3O4/c1-13-14(6-5-7-15(13)20(23)24)18-16(21)8-11-19(2)12-17(22)9-3-4-10-17/h5-7,22H,3-4,8-12H2,1-2H3,(H,18,21). The van der Waals surface area contributed by atoms with Gasteiger partial charge in [-0.1, -0.05) is 18.9 Å². The second kappa shape index (κ2) is 7.72. The molecule has 0 atom stereocenters. The zero-order chi connectivity index (χ0) is 17.7. The first-order valence-electron chi connectivity index (χ1n) is 8.25. The average Bonchev–Trinajstić information content (AvgIpc) is 2.93. The molecule has 132 valence electrons. The predicted molar refractivity (Wildman–Crippen MR) is 92.0 cm³/mol. The topological polar surface area (TPSA) is 95.7 Å². The maximum Gasteiger partial charge on any atom is 0.274 e. The molecule has 1 aliphatic rings. The van der Waals surface area contributed by atoms with Crippen LogP contribution in [-0.4, -0.2) is 46.6 Å². The van der Waals surface area contributed by atoms with Crippen LogP contribution in [0.25, 0.3) is 0 Å². The molecule has 2 N–H and O–H groups in total. The van der Waals surface area contributed by atoms with Gasteiger partial charge in [0.2, 0.25) is 5.91 Å². The van der Waals surface area contributed by atoms with E-state index in [0.29, 0.717) is 24.3 Å². The molecule has 24 heavy (non-hydrogen) atoms. The van der Waals surface area contributed by atoms with Crippen LogP contribution in [0.15, 0.2) is 18.2 Å². The number of aliphatic hydroxyl groups is 1. The van der Waals surface area contributed by atoms with Crippen LogP contribution < -0.4 is 5.32 Å². The molecule has 1 aromatic rings. The second-order valence-electron chi connectivity index (χ2n) is 6.67. The Morgan fingerprint density at radius 2 is 2.08 bits per heavy atom. The summed E-state index contributed by atoms with van der Waals surface area (Å²) in [5, 5.41) is 24.0. The van der Waals surface area contributed by atoms with Crippen LogP contribution >= 0.6 is 0 Å². The highest BCUT2D eigenvalue weighted by atomic mass is 16.6. The average molecular weight is 335 g/mol. The van der Waals surface area contributed by atoms with Gasteiger partial charge in [0.25, 0.3) is 5.69 Å². The summed E-state index contributed by atoms with van der Waals surface area (Å²) in [4.78, 5) is 24.5. The van der Waals surface area contributed by atoms with Gasteiger partial charge in [0.05, 0.1) is 21.8 Å². The lowest BCUT2D eigenvalue weighted by Gasteiger charge is -2.28. The summed E-state index contributed by atoms with van der Waals surface area (Å²) in [7, 11) is 1.89. The minimum Gasteiger partial charge on any atom is -0.389 e. The first-order chi connectivity index (χ1) is 11.3. The molecular formula is C17H25N3O4. The highest BCUT2D eigenvalue weighted by Crippen LogP contribution is 2.30. The SMILES string of the molecule is Cc1c(NC(=O)CCN(C)CC2(O)CCCC2)cccc1[N+](=O)[O-]. The molecule has 1 aromatic carbocycles. The summed E-state index contributed by atoms with van der Waals surface area (Å²) in [6.45, 7) is 2.72. The fraction of sp³-hybridized carbons (Fsp3) is 0.588. The van der Waals surface area contributed by atoms with Gasteiger partial charge in [0.15, 0.2) is 0 Å². The first-order valence-corrected chi connectivity index (χ1v) is 8.25. The number of hydrogen-bond acceptors (Lipinski definition) is 5. The summed E-state index contributed by atoms with van der Waals surface area (Å²) in [6, 6.07) is 4.63. The fourth-order valence-electron chi connectivity index (χ4n) is 3.23. The number of amides is 1. The number of benzene rings is 1. The normalized spacial score (nSPS) is 16.3. The molecule has 1 saturated carbocycles. The van der Waals surface area contributed by atoms with Crippen LogP contribution in [0.5, 0.6) is 0 Å². The molecule has 0 saturated heterocycles. The maximum atomic E-state index is 12.1. The van der Waals surface area contributed by atoms with E-state index in [4.69, 9.17) is 0 Å². The van der Waals surface area contributed by atoms with E-state index in [1.54, 1.807) is 19.1 Å². The highest BCUT2D eigenvalue weighted by molar-refractivity contribution is 5.92. The molecule has 0 spiro atoms. The van der Waals surface area contributed by atoms with E-state index in [9.17, 15) is 20.0 Å². The Balaban J connectivity index is 1.85. The van der Waals surface area contributed by atoms with Crippen molar-refractivity contribution in [2.24, 2.45) is 0 Å². The van der Waals surface area contributed by atoms with E-state index in [-0.39, 0.29) is 18.0 Å². The smallest absolute Gasteiger partial charge is 0.274 e. The molecule has 0 bridgehead atoms. The third-order valence-corrected chi connectivity index (χ3v) is 4.60. The van der Waals surface area contributed by atoms with E-state index in [1.807, 2.05) is 11.9 Å². The van der Waals surface area contributed by atoms with Gasteiger partial charge >= 0.3 is 0 Å². The summed E-state index contributed by atoms with van der Waals surface area (Å²) in [6.07, 6.45) is 4.01. The van der Waals surface area contributed by atoms with Crippen molar-refractivity contribution >= 4 is 17.3 Å². The zero-order valence-electron chi connectivity index (χ0n) is 14.2. The molecular weight excluding hydrogens is 310 g/mol. The van der Waals surface area contributed by atoms with Gasteiger partial charge in [-0.15, -0.1) is 0 Å². The molecule has 7 heteroatoms. The van der Waals surface area contributed by atoms with Crippen molar-refractivity contribution in [1.29, 1.82) is 0 Å². The Bertz CT molecular complexity index is 612. The summed E-state index contributed by atoms with van der Waals surface area (Å²) in [5.74, 6) is -0.191. The quantitative estimate of drug-likeness (QED) is 0.589. The van der Waals surface area contributed by atoms with Crippen molar-refractivity contribution < 1.29 is 14.8 Å². The largest absolute Gasteiger partial charge is 0.389 e. The third-order valence-electron chi connectivity index (χ3n) is 4.60. The molecule has 1 aliphatic carbocycles. The molecule has 7 nitrogen and oxygen atoms in total. The van der Waals surface area contributed by atoms with Gasteiger partial charge in [0, 0.05) is 25.6 Å². The van der Waals surface area contributed by atoms with E-state index in [1.165, 1.54) is 6.07 Å². The van der Waals surface area contributed by atoms with Crippen LogP contribution in [-0.2, 0) is 4.79 Å². The van der Waals surface area contributed by atoms with Crippen LogP contribution in [0, 0.1) is 17.0 Å². The summed E-state index contributed by atoms with van der Waals surface area (Å²) in [5.41, 5.74) is 0.283. The van der Waals surface area contributed by atoms with Crippen molar-refractivity contribution in [2.75, 3.05) is 25.5 Å². The van der Waals surface area contributed by atoms with Crippen molar-refractivity contribution in [3.8, 4) is 0 Å². The number of anilines is 1. The predicted octanol–water partition coefficient (Wildman–Crippen LogP) is 2.47. The monoisotopic (exact) mass is 335 g/mol. The number of carbonyl (C=O) groups is 1. The van der Waals surface area contributed by atoms with Crippen LogP contribution in [0.1, 0.15) is 37.7 Å². The van der Waals surface area contributed by atoms with Gasteiger partial charge in [-0.05, 0) is 32.9 Å². The van der Waals surface area contributed by atoms with E-state index in [0.717, 1.165) is 25.7 Å². The number of likely N-dealkylation sites (N-methyl/N-ethyl adjacent to an activating group) is 1. The number of nitro benzene ring substituents is 1. The lowest BCUT2D eigenvalue weighted by molar-refractivity contribution is -0.385. The number of carbonyl (C=O) groups excluding carboxylic acids is 1. The second-order valence-corrected chi connectivity index (χ2v) is 6.67. The number of nitrogens with zero attached hydrogens (tertiary/aromatic N) is 2. The molecule has 2 rings (SSSR count). The van der Waals surface area contributed by atoms with Gasteiger partial charge in [-0.25, -0.2) is 0 Å². The van der Waals surface area contributed by atoms with Gasteiger partial charge in [-0.2, -0.15) is 0 Å². The van der Waals surface area contributed by atoms with Crippen molar-refractivity contribution in [1.82, 2.24) is 4.90 Å². The Morgan fingerprint density at radius 3 is 2.71 bits per heavy atom. The number of nitrogens with one attached hydrogen (secondary N) is 1. The first kappa shape index (κ1) is 18.4. The lowest BCUT2D eigenvalue weighted by Crippen LogP contribution is -2.40. The zero-order valence-corrected chi connectivity index (χ0v) is 14.2. The molecule has 0 aromatic heterocycles. The Labute approximate surface area is 141 Å². The number of hydrogen-bond donors (Lipinski definition) is 2. The van der Waals surface area contributed by atoms with Crippen molar-refractivity contribution in [2.45, 2.75) is 44.6 Å². The molecule has 0 heterocycles. The van der Waals surface area contributed by atoms with Crippen LogP contribution in [0.4, 0.5) is 11.4 Å². The van der Waals surface area contributed by atoms with Crippen molar-refractivity contribution in [3.63, 3.8) is 0 Å². The highest BCUT2D eigenvalue weighted by Gasteiger charge is 2.32. The summed E-state index contributed by atoms with van der Waals surface area (Å²) < 4.78 is 0. The minimum absolute atomic E-state index is 0.00614. The van der Waals surface area contributed by atoms with Crippen LogP contribution in [0.2, 0.25) is 0 Å². The van der Waals surface area contributed by atoms with Gasteiger partial charge in [0.1, 0.15) is 0 Å². The Hall–Kier alpha value is -1.99. The van der Waals surface area contributed by atoms with E-state index in [2.05, 4.69) is 5.32 Å². The third kappa shape index (κ3) is 4.75. The minimum atomic E-state index is -0.623. The van der Waals surface area contributed by atoms with Gasteiger partial charge < -0.3 is 15.3 Å². The molecule has 0 unspecified atom stereocenters. The fourth-order valence-corrected chi connectivity index (χ4v) is 3.23. The van der Waals surface area contributed by atoms with Gasteiger partial charge in [-0.3, -0.25) is 14.9 Å². The molecule has 1 fully saturated rings.